The Balaban J connectivity index is 1.95. The van der Waals surface area contributed by atoms with Crippen molar-refractivity contribution in [1.82, 2.24) is 4.90 Å². The van der Waals surface area contributed by atoms with Crippen LogP contribution in [-0.4, -0.2) is 31.3 Å². The van der Waals surface area contributed by atoms with Crippen molar-refractivity contribution >= 4 is 6.29 Å². The molecule has 0 unspecified atom stereocenters. The van der Waals surface area contributed by atoms with Crippen molar-refractivity contribution in [3.63, 3.8) is 0 Å². The monoisotopic (exact) mass is 231 g/mol. The van der Waals surface area contributed by atoms with Crippen molar-refractivity contribution in [3.05, 3.63) is 34.9 Å². The molecule has 0 N–H and O–H groups in total. The number of hydrogen-bond donors (Lipinski definition) is 0. The van der Waals surface area contributed by atoms with Crippen LogP contribution >= 0.6 is 0 Å². The molecule has 0 atom stereocenters. The molecule has 1 aromatic rings. The number of carbonyl (C=O) groups is 1. The standard InChI is InChI=1S/C15H21NO/c1-16(10-11-17)9-8-13-6-7-14-4-2-3-5-15(14)12-13/h6-7,11-12H,2-5,8-10H2,1H3. The molecular weight excluding hydrogens is 210 g/mol. The van der Waals surface area contributed by atoms with Crippen molar-refractivity contribution in [2.45, 2.75) is 32.1 Å². The molecule has 0 spiro atoms. The normalized spacial score (nSPS) is 14.7. The molecule has 2 rings (SSSR count). The lowest BCUT2D eigenvalue weighted by atomic mass is 9.90. The fraction of sp³-hybridized carbons (Fsp3) is 0.533. The van der Waals surface area contributed by atoms with Crippen LogP contribution in [0.25, 0.3) is 0 Å². The number of aryl methyl sites for hydroxylation is 2. The van der Waals surface area contributed by atoms with Gasteiger partial charge in [-0.05, 0) is 55.8 Å². The third kappa shape index (κ3) is 3.40. The molecule has 0 aliphatic heterocycles. The van der Waals surface area contributed by atoms with Crippen LogP contribution in [-0.2, 0) is 24.1 Å². The van der Waals surface area contributed by atoms with Crippen LogP contribution in [0, 0.1) is 0 Å². The Bertz CT molecular complexity index is 387. The summed E-state index contributed by atoms with van der Waals surface area (Å²) in [6.45, 7) is 1.49. The minimum atomic E-state index is 0.533. The van der Waals surface area contributed by atoms with E-state index in [1.54, 1.807) is 11.1 Å². The first-order valence-corrected chi connectivity index (χ1v) is 6.52. The van der Waals surface area contributed by atoms with E-state index in [1.165, 1.54) is 31.2 Å². The molecule has 0 heterocycles. The highest BCUT2D eigenvalue weighted by molar-refractivity contribution is 5.51. The third-order valence-electron chi connectivity index (χ3n) is 3.58. The first-order chi connectivity index (χ1) is 8.29. The number of nitrogens with zero attached hydrogens (tertiary/aromatic N) is 1. The lowest BCUT2D eigenvalue weighted by Gasteiger charge is -2.18. The van der Waals surface area contributed by atoms with Crippen LogP contribution < -0.4 is 0 Å². The minimum absolute atomic E-state index is 0.533. The summed E-state index contributed by atoms with van der Waals surface area (Å²) in [5.74, 6) is 0. The summed E-state index contributed by atoms with van der Waals surface area (Å²) < 4.78 is 0. The fourth-order valence-corrected chi connectivity index (χ4v) is 2.48. The average molecular weight is 231 g/mol. The highest BCUT2D eigenvalue weighted by atomic mass is 16.1. The van der Waals surface area contributed by atoms with Crippen LogP contribution in [0.3, 0.4) is 0 Å². The lowest BCUT2D eigenvalue weighted by Crippen LogP contribution is -2.23. The third-order valence-corrected chi connectivity index (χ3v) is 3.58. The molecule has 0 bridgehead atoms. The van der Waals surface area contributed by atoms with Gasteiger partial charge in [-0.25, -0.2) is 0 Å². The zero-order valence-corrected chi connectivity index (χ0v) is 10.6. The van der Waals surface area contributed by atoms with Crippen LogP contribution in [0.2, 0.25) is 0 Å². The molecule has 0 aromatic heterocycles. The number of benzene rings is 1. The number of rotatable bonds is 5. The predicted octanol–water partition coefficient (Wildman–Crippen LogP) is 2.24. The molecule has 0 radical (unpaired) electrons. The van der Waals surface area contributed by atoms with Gasteiger partial charge in [0.05, 0.1) is 6.54 Å². The molecule has 2 nitrogen and oxygen atoms in total. The average Bonchev–Trinajstić information content (AvgIpc) is 2.36. The molecule has 17 heavy (non-hydrogen) atoms. The largest absolute Gasteiger partial charge is 0.302 e. The van der Waals surface area contributed by atoms with Crippen LogP contribution in [0.1, 0.15) is 29.5 Å². The van der Waals surface area contributed by atoms with Gasteiger partial charge in [-0.1, -0.05) is 18.2 Å². The fourth-order valence-electron chi connectivity index (χ4n) is 2.48. The summed E-state index contributed by atoms with van der Waals surface area (Å²) in [6, 6.07) is 6.91. The molecular formula is C15H21NO. The summed E-state index contributed by atoms with van der Waals surface area (Å²) in [5.41, 5.74) is 4.50. The quantitative estimate of drug-likeness (QED) is 0.724. The maximum absolute atomic E-state index is 10.4. The molecule has 1 aromatic carbocycles. The van der Waals surface area contributed by atoms with Crippen molar-refractivity contribution in [3.8, 4) is 0 Å². The van der Waals surface area contributed by atoms with E-state index in [4.69, 9.17) is 0 Å². The topological polar surface area (TPSA) is 20.3 Å². The Morgan fingerprint density at radius 1 is 1.24 bits per heavy atom. The number of fused-ring (bicyclic) bond motifs is 1. The van der Waals surface area contributed by atoms with Gasteiger partial charge in [0.25, 0.3) is 0 Å². The van der Waals surface area contributed by atoms with Gasteiger partial charge in [0, 0.05) is 6.54 Å². The molecule has 0 saturated heterocycles. The van der Waals surface area contributed by atoms with Gasteiger partial charge in [0.2, 0.25) is 0 Å². The molecule has 0 fully saturated rings. The van der Waals surface area contributed by atoms with Gasteiger partial charge in [0.15, 0.2) is 0 Å². The van der Waals surface area contributed by atoms with Crippen molar-refractivity contribution in [2.24, 2.45) is 0 Å². The molecule has 0 saturated carbocycles. The first kappa shape index (κ1) is 12.3. The summed E-state index contributed by atoms with van der Waals surface area (Å²) in [4.78, 5) is 12.4. The van der Waals surface area contributed by atoms with Crippen LogP contribution in [0.15, 0.2) is 18.2 Å². The SMILES string of the molecule is CN(CC=O)CCc1ccc2c(c1)CCCC2. The Hall–Kier alpha value is -1.15. The highest BCUT2D eigenvalue weighted by Crippen LogP contribution is 2.22. The van der Waals surface area contributed by atoms with E-state index in [1.807, 2.05) is 7.05 Å². The molecule has 0 amide bonds. The van der Waals surface area contributed by atoms with Crippen LogP contribution in [0.4, 0.5) is 0 Å². The first-order valence-electron chi connectivity index (χ1n) is 6.52. The van der Waals surface area contributed by atoms with Gasteiger partial charge in [-0.15, -0.1) is 0 Å². The van der Waals surface area contributed by atoms with Crippen molar-refractivity contribution in [1.29, 1.82) is 0 Å². The van der Waals surface area contributed by atoms with E-state index in [9.17, 15) is 4.79 Å². The zero-order valence-electron chi connectivity index (χ0n) is 10.6. The maximum Gasteiger partial charge on any atom is 0.133 e. The highest BCUT2D eigenvalue weighted by Gasteiger charge is 2.09. The second-order valence-corrected chi connectivity index (χ2v) is 4.99. The van der Waals surface area contributed by atoms with Gasteiger partial charge >= 0.3 is 0 Å². The maximum atomic E-state index is 10.4. The van der Waals surface area contributed by atoms with Gasteiger partial charge < -0.3 is 4.79 Å². The van der Waals surface area contributed by atoms with Crippen molar-refractivity contribution in [2.75, 3.05) is 20.1 Å². The van der Waals surface area contributed by atoms with Crippen LogP contribution in [0.5, 0.6) is 0 Å². The summed E-state index contributed by atoms with van der Waals surface area (Å²) in [6.07, 6.45) is 7.18. The smallest absolute Gasteiger partial charge is 0.133 e. The summed E-state index contributed by atoms with van der Waals surface area (Å²) >= 11 is 0. The van der Waals surface area contributed by atoms with Gasteiger partial charge in [0.1, 0.15) is 6.29 Å². The Morgan fingerprint density at radius 2 is 2.00 bits per heavy atom. The number of likely N-dealkylation sites (N-methyl/N-ethyl adjacent to an activating group) is 1. The van der Waals surface area contributed by atoms with E-state index in [2.05, 4.69) is 23.1 Å². The lowest BCUT2D eigenvalue weighted by molar-refractivity contribution is -0.108. The molecule has 1 aliphatic carbocycles. The van der Waals surface area contributed by atoms with E-state index in [0.717, 1.165) is 19.3 Å². The van der Waals surface area contributed by atoms with E-state index >= 15 is 0 Å². The second-order valence-electron chi connectivity index (χ2n) is 4.99. The summed E-state index contributed by atoms with van der Waals surface area (Å²) in [7, 11) is 1.99. The molecule has 92 valence electrons. The molecule has 2 heteroatoms. The predicted molar refractivity (Wildman–Crippen MR) is 70.3 cm³/mol. The number of hydrogen-bond acceptors (Lipinski definition) is 2. The molecule has 1 aliphatic rings. The summed E-state index contributed by atoms with van der Waals surface area (Å²) in [5, 5.41) is 0. The minimum Gasteiger partial charge on any atom is -0.302 e. The van der Waals surface area contributed by atoms with Gasteiger partial charge in [-0.2, -0.15) is 0 Å². The second kappa shape index (κ2) is 5.97. The zero-order chi connectivity index (χ0) is 12.1. The Kier molecular flexibility index (Phi) is 4.32. The van der Waals surface area contributed by atoms with Gasteiger partial charge in [-0.3, -0.25) is 4.90 Å². The Labute approximate surface area is 104 Å². The van der Waals surface area contributed by atoms with E-state index in [0.29, 0.717) is 6.54 Å². The number of aldehydes is 1. The number of carbonyl (C=O) groups excluding carboxylic acids is 1. The van der Waals surface area contributed by atoms with Crippen molar-refractivity contribution < 1.29 is 4.79 Å². The van der Waals surface area contributed by atoms with E-state index < -0.39 is 0 Å². The van der Waals surface area contributed by atoms with E-state index in [-0.39, 0.29) is 0 Å². The Morgan fingerprint density at radius 3 is 2.76 bits per heavy atom.